The molecule has 118 valence electrons. The highest BCUT2D eigenvalue weighted by Gasteiger charge is 2.13. The number of likely N-dealkylation sites (tertiary alicyclic amines) is 1. The Balaban J connectivity index is 1.41. The maximum Gasteiger partial charge on any atom is 0.272 e. The Morgan fingerprint density at radius 1 is 1.18 bits per heavy atom. The number of amides is 1. The number of rotatable bonds is 6. The second-order valence-corrected chi connectivity index (χ2v) is 5.98. The van der Waals surface area contributed by atoms with Crippen LogP contribution in [-0.4, -0.2) is 47.2 Å². The molecule has 0 unspecified atom stereocenters. The van der Waals surface area contributed by atoms with E-state index in [-0.39, 0.29) is 5.91 Å². The van der Waals surface area contributed by atoms with Gasteiger partial charge in [-0.3, -0.25) is 9.89 Å². The van der Waals surface area contributed by atoms with Gasteiger partial charge in [0, 0.05) is 11.9 Å². The van der Waals surface area contributed by atoms with Crippen LogP contribution in [0.5, 0.6) is 0 Å². The third-order valence-electron chi connectivity index (χ3n) is 4.32. The van der Waals surface area contributed by atoms with E-state index in [4.69, 9.17) is 0 Å². The lowest BCUT2D eigenvalue weighted by atomic mass is 10.1. The molecule has 5 nitrogen and oxygen atoms in total. The first-order chi connectivity index (χ1) is 10.8. The molecule has 5 heteroatoms. The van der Waals surface area contributed by atoms with Gasteiger partial charge in [0.05, 0.1) is 5.52 Å². The molecule has 1 aromatic heterocycles. The molecular formula is C17H24N4O. The van der Waals surface area contributed by atoms with Crippen LogP contribution in [0.25, 0.3) is 10.9 Å². The van der Waals surface area contributed by atoms with Crippen LogP contribution < -0.4 is 5.32 Å². The first-order valence-electron chi connectivity index (χ1n) is 8.28. The maximum atomic E-state index is 12.2. The van der Waals surface area contributed by atoms with Crippen molar-refractivity contribution in [2.24, 2.45) is 0 Å². The van der Waals surface area contributed by atoms with Gasteiger partial charge in [-0.1, -0.05) is 24.6 Å². The molecule has 22 heavy (non-hydrogen) atoms. The van der Waals surface area contributed by atoms with Crippen molar-refractivity contribution in [1.29, 1.82) is 0 Å². The second kappa shape index (κ2) is 7.40. The van der Waals surface area contributed by atoms with Crippen LogP contribution in [0.2, 0.25) is 0 Å². The Kier molecular flexibility index (Phi) is 5.06. The van der Waals surface area contributed by atoms with Crippen molar-refractivity contribution in [2.45, 2.75) is 32.1 Å². The summed E-state index contributed by atoms with van der Waals surface area (Å²) in [6, 6.07) is 7.71. The monoisotopic (exact) mass is 300 g/mol. The molecule has 0 bridgehead atoms. The molecule has 2 heterocycles. The first-order valence-corrected chi connectivity index (χ1v) is 8.28. The summed E-state index contributed by atoms with van der Waals surface area (Å²) >= 11 is 0. The summed E-state index contributed by atoms with van der Waals surface area (Å²) in [4.78, 5) is 14.7. The molecule has 1 aliphatic rings. The molecule has 1 aromatic carbocycles. The number of nitrogens with one attached hydrogen (secondary N) is 2. The van der Waals surface area contributed by atoms with E-state index < -0.39 is 0 Å². The summed E-state index contributed by atoms with van der Waals surface area (Å²) in [7, 11) is 0. The van der Waals surface area contributed by atoms with E-state index in [1.807, 2.05) is 24.3 Å². The SMILES string of the molecule is O=C(NCCCCN1CCCCC1)c1n[nH]c2ccccc12. The molecule has 2 aromatic rings. The number of fused-ring (bicyclic) bond motifs is 1. The lowest BCUT2D eigenvalue weighted by molar-refractivity contribution is 0.0949. The van der Waals surface area contributed by atoms with Gasteiger partial charge < -0.3 is 10.2 Å². The zero-order valence-corrected chi connectivity index (χ0v) is 13.0. The van der Waals surface area contributed by atoms with Gasteiger partial charge >= 0.3 is 0 Å². The van der Waals surface area contributed by atoms with Crippen LogP contribution in [0.4, 0.5) is 0 Å². The number of carbonyl (C=O) groups is 1. The second-order valence-electron chi connectivity index (χ2n) is 5.98. The van der Waals surface area contributed by atoms with Gasteiger partial charge in [0.2, 0.25) is 0 Å². The number of unbranched alkanes of at least 4 members (excludes halogenated alkanes) is 1. The van der Waals surface area contributed by atoms with Crippen LogP contribution in [0.1, 0.15) is 42.6 Å². The van der Waals surface area contributed by atoms with Gasteiger partial charge in [0.15, 0.2) is 5.69 Å². The van der Waals surface area contributed by atoms with Crippen molar-refractivity contribution < 1.29 is 4.79 Å². The van der Waals surface area contributed by atoms with E-state index in [0.717, 1.165) is 30.3 Å². The summed E-state index contributed by atoms with van der Waals surface area (Å²) < 4.78 is 0. The molecule has 0 radical (unpaired) electrons. The van der Waals surface area contributed by atoms with Gasteiger partial charge in [-0.25, -0.2) is 0 Å². The molecule has 0 spiro atoms. The number of aromatic amines is 1. The van der Waals surface area contributed by atoms with E-state index >= 15 is 0 Å². The molecule has 1 aliphatic heterocycles. The van der Waals surface area contributed by atoms with Crippen molar-refractivity contribution in [3.8, 4) is 0 Å². The average molecular weight is 300 g/mol. The average Bonchev–Trinajstić information content (AvgIpc) is 2.99. The summed E-state index contributed by atoms with van der Waals surface area (Å²) in [5, 5.41) is 10.9. The Hall–Kier alpha value is -1.88. The van der Waals surface area contributed by atoms with E-state index in [1.54, 1.807) is 0 Å². The number of aromatic nitrogens is 2. The fourth-order valence-electron chi connectivity index (χ4n) is 3.07. The van der Waals surface area contributed by atoms with Gasteiger partial charge in [-0.05, 0) is 51.4 Å². The van der Waals surface area contributed by atoms with E-state index in [9.17, 15) is 4.79 Å². The molecular weight excluding hydrogens is 276 g/mol. The van der Waals surface area contributed by atoms with Gasteiger partial charge in [-0.15, -0.1) is 0 Å². The maximum absolute atomic E-state index is 12.2. The highest BCUT2D eigenvalue weighted by Crippen LogP contribution is 2.14. The number of piperidine rings is 1. The zero-order valence-electron chi connectivity index (χ0n) is 13.0. The molecule has 1 saturated heterocycles. The summed E-state index contributed by atoms with van der Waals surface area (Å²) in [6.07, 6.45) is 6.21. The normalized spacial score (nSPS) is 16.0. The summed E-state index contributed by atoms with van der Waals surface area (Å²) in [5.74, 6) is -0.0876. The van der Waals surface area contributed by atoms with Gasteiger partial charge in [0.1, 0.15) is 0 Å². The number of hydrogen-bond acceptors (Lipinski definition) is 3. The minimum atomic E-state index is -0.0876. The molecule has 0 aliphatic carbocycles. The van der Waals surface area contributed by atoms with E-state index in [1.165, 1.54) is 32.4 Å². The minimum Gasteiger partial charge on any atom is -0.351 e. The molecule has 0 atom stereocenters. The first kappa shape index (κ1) is 15.0. The quantitative estimate of drug-likeness (QED) is 0.806. The Bertz CT molecular complexity index is 616. The molecule has 2 N–H and O–H groups in total. The highest BCUT2D eigenvalue weighted by atomic mass is 16.1. The third kappa shape index (κ3) is 3.65. The Morgan fingerprint density at radius 3 is 2.86 bits per heavy atom. The van der Waals surface area contributed by atoms with Crippen molar-refractivity contribution in [2.75, 3.05) is 26.2 Å². The smallest absolute Gasteiger partial charge is 0.272 e. The minimum absolute atomic E-state index is 0.0876. The largest absolute Gasteiger partial charge is 0.351 e. The Morgan fingerprint density at radius 2 is 2.00 bits per heavy atom. The standard InChI is InChI=1S/C17H24N4O/c22-17(16-14-8-2-3-9-15(14)19-20-16)18-10-4-7-13-21-11-5-1-6-12-21/h2-3,8-9H,1,4-7,10-13H2,(H,18,22)(H,19,20). The zero-order chi connectivity index (χ0) is 15.2. The number of hydrogen-bond donors (Lipinski definition) is 2. The fourth-order valence-corrected chi connectivity index (χ4v) is 3.07. The third-order valence-corrected chi connectivity index (χ3v) is 4.32. The summed E-state index contributed by atoms with van der Waals surface area (Å²) in [6.45, 7) is 4.35. The van der Waals surface area contributed by atoms with Crippen molar-refractivity contribution in [3.63, 3.8) is 0 Å². The van der Waals surface area contributed by atoms with Crippen LogP contribution in [0, 0.1) is 0 Å². The number of H-pyrrole nitrogens is 1. The topological polar surface area (TPSA) is 61.0 Å². The molecule has 0 saturated carbocycles. The van der Waals surface area contributed by atoms with Crippen LogP contribution >= 0.6 is 0 Å². The van der Waals surface area contributed by atoms with Crippen LogP contribution in [-0.2, 0) is 0 Å². The van der Waals surface area contributed by atoms with Crippen molar-refractivity contribution in [3.05, 3.63) is 30.0 Å². The summed E-state index contributed by atoms with van der Waals surface area (Å²) in [5.41, 5.74) is 1.39. The van der Waals surface area contributed by atoms with Gasteiger partial charge in [0.25, 0.3) is 5.91 Å². The fraction of sp³-hybridized carbons (Fsp3) is 0.529. The number of para-hydroxylation sites is 1. The molecule has 1 amide bonds. The van der Waals surface area contributed by atoms with E-state index in [2.05, 4.69) is 20.4 Å². The Labute approximate surface area is 131 Å². The lowest BCUT2D eigenvalue weighted by Gasteiger charge is -2.26. The number of benzene rings is 1. The van der Waals surface area contributed by atoms with Crippen LogP contribution in [0.15, 0.2) is 24.3 Å². The predicted octanol–water partition coefficient (Wildman–Crippen LogP) is 2.56. The molecule has 3 rings (SSSR count). The van der Waals surface area contributed by atoms with E-state index in [0.29, 0.717) is 12.2 Å². The number of nitrogens with zero attached hydrogens (tertiary/aromatic N) is 2. The van der Waals surface area contributed by atoms with Crippen molar-refractivity contribution in [1.82, 2.24) is 20.4 Å². The lowest BCUT2D eigenvalue weighted by Crippen LogP contribution is -2.31. The van der Waals surface area contributed by atoms with Gasteiger partial charge in [-0.2, -0.15) is 5.10 Å². The van der Waals surface area contributed by atoms with Crippen LogP contribution in [0.3, 0.4) is 0 Å². The number of carbonyl (C=O) groups excluding carboxylic acids is 1. The predicted molar refractivity (Wildman–Crippen MR) is 88.0 cm³/mol. The molecule has 1 fully saturated rings. The van der Waals surface area contributed by atoms with Crippen molar-refractivity contribution >= 4 is 16.8 Å². The highest BCUT2D eigenvalue weighted by molar-refractivity contribution is 6.04.